The molecular weight excluding hydrogens is 184 g/mol. The lowest BCUT2D eigenvalue weighted by molar-refractivity contribution is 0.160. The summed E-state index contributed by atoms with van der Waals surface area (Å²) in [5.41, 5.74) is 0. The van der Waals surface area contributed by atoms with Gasteiger partial charge in [0.15, 0.2) is 0 Å². The van der Waals surface area contributed by atoms with Gasteiger partial charge in [-0.05, 0) is 38.8 Å². The van der Waals surface area contributed by atoms with Gasteiger partial charge in [-0.15, -0.1) is 0 Å². The summed E-state index contributed by atoms with van der Waals surface area (Å²) in [6.07, 6.45) is 6.95. The largest absolute Gasteiger partial charge is 0.314 e. The van der Waals surface area contributed by atoms with Crippen LogP contribution in [-0.4, -0.2) is 37.1 Å². The Morgan fingerprint density at radius 2 is 2.27 bits per heavy atom. The Hall–Kier alpha value is -0.340. The molecule has 0 aromatic carbocycles. The van der Waals surface area contributed by atoms with E-state index in [0.29, 0.717) is 0 Å². The van der Waals surface area contributed by atoms with Gasteiger partial charge in [-0.3, -0.25) is 4.90 Å². The van der Waals surface area contributed by atoms with Crippen LogP contribution in [0.5, 0.6) is 0 Å². The number of rotatable bonds is 5. The quantitative estimate of drug-likeness (QED) is 0.700. The number of hydrogen-bond donors (Lipinski definition) is 1. The molecule has 2 atom stereocenters. The van der Waals surface area contributed by atoms with Gasteiger partial charge in [-0.1, -0.05) is 26.0 Å². The van der Waals surface area contributed by atoms with E-state index >= 15 is 0 Å². The summed E-state index contributed by atoms with van der Waals surface area (Å²) in [6.45, 7) is 11.5. The van der Waals surface area contributed by atoms with E-state index in [4.69, 9.17) is 0 Å². The summed E-state index contributed by atoms with van der Waals surface area (Å²) >= 11 is 0. The van der Waals surface area contributed by atoms with Crippen LogP contribution in [0, 0.1) is 5.92 Å². The number of nitrogens with one attached hydrogen (secondary N) is 1. The van der Waals surface area contributed by atoms with Gasteiger partial charge in [-0.25, -0.2) is 0 Å². The van der Waals surface area contributed by atoms with Crippen molar-refractivity contribution >= 4 is 0 Å². The van der Waals surface area contributed by atoms with Crippen molar-refractivity contribution in [2.24, 2.45) is 5.92 Å². The summed E-state index contributed by atoms with van der Waals surface area (Å²) in [4.78, 5) is 2.55. The predicted molar refractivity (Wildman–Crippen MR) is 67.1 cm³/mol. The first-order valence-electron chi connectivity index (χ1n) is 6.34. The van der Waals surface area contributed by atoms with Gasteiger partial charge >= 0.3 is 0 Å². The number of likely N-dealkylation sites (tertiary alicyclic amines) is 1. The molecule has 0 aliphatic carbocycles. The van der Waals surface area contributed by atoms with Crippen molar-refractivity contribution in [1.29, 1.82) is 0 Å². The maximum Gasteiger partial charge on any atom is 0.0163 e. The normalized spacial score (nSPS) is 28.7. The van der Waals surface area contributed by atoms with Gasteiger partial charge in [0.05, 0.1) is 0 Å². The van der Waals surface area contributed by atoms with Crippen molar-refractivity contribution in [3.63, 3.8) is 0 Å². The Morgan fingerprint density at radius 1 is 1.47 bits per heavy atom. The summed E-state index contributed by atoms with van der Waals surface area (Å²) < 4.78 is 0. The lowest BCUT2D eigenvalue weighted by Crippen LogP contribution is -2.48. The zero-order chi connectivity index (χ0) is 11.1. The molecule has 0 amide bonds. The minimum Gasteiger partial charge on any atom is -0.314 e. The maximum atomic E-state index is 3.65. The van der Waals surface area contributed by atoms with E-state index in [1.807, 2.05) is 0 Å². The molecule has 1 N–H and O–H groups in total. The molecule has 0 aromatic heterocycles. The SMILES string of the molecule is C/C=C/CN1CCC(NCCC)C(C)C1. The average molecular weight is 210 g/mol. The van der Waals surface area contributed by atoms with Crippen LogP contribution in [0.2, 0.25) is 0 Å². The van der Waals surface area contributed by atoms with Gasteiger partial charge in [0, 0.05) is 19.1 Å². The third kappa shape index (κ3) is 4.35. The highest BCUT2D eigenvalue weighted by atomic mass is 15.1. The van der Waals surface area contributed by atoms with Crippen molar-refractivity contribution in [2.45, 2.75) is 39.7 Å². The molecule has 1 saturated heterocycles. The van der Waals surface area contributed by atoms with E-state index in [1.54, 1.807) is 0 Å². The molecule has 1 aliphatic heterocycles. The molecule has 0 bridgehead atoms. The minimum atomic E-state index is 0.742. The second-order valence-corrected chi connectivity index (χ2v) is 4.66. The molecule has 1 fully saturated rings. The second-order valence-electron chi connectivity index (χ2n) is 4.66. The predicted octanol–water partition coefficient (Wildman–Crippen LogP) is 2.27. The van der Waals surface area contributed by atoms with Crippen LogP contribution < -0.4 is 5.32 Å². The minimum absolute atomic E-state index is 0.742. The maximum absolute atomic E-state index is 3.65. The Kier molecular flexibility index (Phi) is 5.96. The molecule has 2 heteroatoms. The molecule has 0 spiro atoms. The molecule has 2 nitrogen and oxygen atoms in total. The van der Waals surface area contributed by atoms with Crippen molar-refractivity contribution in [2.75, 3.05) is 26.2 Å². The van der Waals surface area contributed by atoms with Crippen molar-refractivity contribution in [3.05, 3.63) is 12.2 Å². The third-order valence-corrected chi connectivity index (χ3v) is 3.25. The molecule has 15 heavy (non-hydrogen) atoms. The van der Waals surface area contributed by atoms with Crippen LogP contribution >= 0.6 is 0 Å². The Bertz CT molecular complexity index is 189. The fourth-order valence-corrected chi connectivity index (χ4v) is 2.29. The average Bonchev–Trinajstić information content (AvgIpc) is 2.25. The number of piperidine rings is 1. The molecule has 0 aromatic rings. The second kappa shape index (κ2) is 7.02. The summed E-state index contributed by atoms with van der Waals surface area (Å²) in [5, 5.41) is 3.65. The van der Waals surface area contributed by atoms with Gasteiger partial charge in [0.1, 0.15) is 0 Å². The zero-order valence-electron chi connectivity index (χ0n) is 10.5. The van der Waals surface area contributed by atoms with Crippen LogP contribution in [0.15, 0.2) is 12.2 Å². The van der Waals surface area contributed by atoms with Crippen LogP contribution in [-0.2, 0) is 0 Å². The smallest absolute Gasteiger partial charge is 0.0163 e. The molecule has 1 rings (SSSR count). The van der Waals surface area contributed by atoms with E-state index in [2.05, 4.69) is 43.1 Å². The summed E-state index contributed by atoms with van der Waals surface area (Å²) in [5.74, 6) is 0.788. The van der Waals surface area contributed by atoms with Crippen molar-refractivity contribution < 1.29 is 0 Å². The first-order valence-corrected chi connectivity index (χ1v) is 6.34. The van der Waals surface area contributed by atoms with E-state index in [1.165, 1.54) is 32.5 Å². The first kappa shape index (κ1) is 12.7. The number of hydrogen-bond acceptors (Lipinski definition) is 2. The molecule has 0 saturated carbocycles. The van der Waals surface area contributed by atoms with Gasteiger partial charge in [0.25, 0.3) is 0 Å². The van der Waals surface area contributed by atoms with E-state index in [0.717, 1.165) is 18.5 Å². The molecular formula is C13H26N2. The molecule has 88 valence electrons. The molecule has 1 heterocycles. The fraction of sp³-hybridized carbons (Fsp3) is 0.846. The Labute approximate surface area is 94.7 Å². The summed E-state index contributed by atoms with van der Waals surface area (Å²) in [6, 6.07) is 0.742. The van der Waals surface area contributed by atoms with Crippen LogP contribution in [0.1, 0.15) is 33.6 Å². The monoisotopic (exact) mass is 210 g/mol. The van der Waals surface area contributed by atoms with Crippen LogP contribution in [0.4, 0.5) is 0 Å². The van der Waals surface area contributed by atoms with Crippen molar-refractivity contribution in [3.8, 4) is 0 Å². The Morgan fingerprint density at radius 3 is 2.87 bits per heavy atom. The zero-order valence-corrected chi connectivity index (χ0v) is 10.5. The highest BCUT2D eigenvalue weighted by Crippen LogP contribution is 2.16. The lowest BCUT2D eigenvalue weighted by Gasteiger charge is -2.37. The topological polar surface area (TPSA) is 15.3 Å². The summed E-state index contributed by atoms with van der Waals surface area (Å²) in [7, 11) is 0. The van der Waals surface area contributed by atoms with Crippen molar-refractivity contribution in [1.82, 2.24) is 10.2 Å². The number of allylic oxidation sites excluding steroid dienone is 1. The van der Waals surface area contributed by atoms with Gasteiger partial charge < -0.3 is 5.32 Å². The van der Waals surface area contributed by atoms with Crippen LogP contribution in [0.3, 0.4) is 0 Å². The highest BCUT2D eigenvalue weighted by Gasteiger charge is 2.24. The highest BCUT2D eigenvalue weighted by molar-refractivity contribution is 4.87. The first-order chi connectivity index (χ1) is 7.27. The van der Waals surface area contributed by atoms with Gasteiger partial charge in [-0.2, -0.15) is 0 Å². The van der Waals surface area contributed by atoms with E-state index < -0.39 is 0 Å². The van der Waals surface area contributed by atoms with Gasteiger partial charge in [0.2, 0.25) is 0 Å². The third-order valence-electron chi connectivity index (χ3n) is 3.25. The standard InChI is InChI=1S/C13H26N2/c1-4-6-9-15-10-7-13(12(3)11-15)14-8-5-2/h4,6,12-14H,5,7-11H2,1-3H3/b6-4+. The molecule has 0 radical (unpaired) electrons. The number of nitrogens with zero attached hydrogens (tertiary/aromatic N) is 1. The van der Waals surface area contributed by atoms with E-state index in [9.17, 15) is 0 Å². The fourth-order valence-electron chi connectivity index (χ4n) is 2.29. The Balaban J connectivity index is 2.27. The molecule has 2 unspecified atom stereocenters. The van der Waals surface area contributed by atoms with Crippen LogP contribution in [0.25, 0.3) is 0 Å². The van der Waals surface area contributed by atoms with E-state index in [-0.39, 0.29) is 0 Å². The molecule has 1 aliphatic rings. The lowest BCUT2D eigenvalue weighted by atomic mass is 9.94.